The summed E-state index contributed by atoms with van der Waals surface area (Å²) in [7, 11) is 0. The fraction of sp³-hybridized carbons (Fsp3) is 0.0741. The minimum atomic E-state index is -4.62. The van der Waals surface area contributed by atoms with E-state index >= 15 is 0 Å². The van der Waals surface area contributed by atoms with Crippen LogP contribution in [0.2, 0.25) is 0 Å². The second-order valence-electron chi connectivity index (χ2n) is 8.10. The molecule has 36 heavy (non-hydrogen) atoms. The van der Waals surface area contributed by atoms with Crippen molar-refractivity contribution >= 4 is 22.5 Å². The van der Waals surface area contributed by atoms with Gasteiger partial charge in [0.05, 0.1) is 45.6 Å². The standard InChI is InChI=1S/C27H18F4N4O/c1-16-21(15-32-35(16)18-12-10-17(28)11-13-18)25-14-20(19-6-2-4-8-23(19)33-25)26(36)34-24-9-5-3-7-22(24)27(29,30)31/h2-15H,1H3,(H,34,36). The molecule has 5 rings (SSSR count). The Labute approximate surface area is 203 Å². The van der Waals surface area contributed by atoms with E-state index in [1.54, 1.807) is 47.3 Å². The Bertz CT molecular complexity index is 1590. The molecular weight excluding hydrogens is 472 g/mol. The molecule has 0 saturated heterocycles. The Hall–Kier alpha value is -4.53. The molecule has 0 saturated carbocycles. The van der Waals surface area contributed by atoms with Gasteiger partial charge in [-0.25, -0.2) is 14.1 Å². The molecule has 0 unspecified atom stereocenters. The second kappa shape index (κ2) is 8.92. The highest BCUT2D eigenvalue weighted by Gasteiger charge is 2.33. The van der Waals surface area contributed by atoms with Crippen LogP contribution in [0.3, 0.4) is 0 Å². The first kappa shape index (κ1) is 23.2. The van der Waals surface area contributed by atoms with Crippen molar-refractivity contribution in [2.45, 2.75) is 13.1 Å². The van der Waals surface area contributed by atoms with E-state index in [9.17, 15) is 22.4 Å². The van der Waals surface area contributed by atoms with Crippen LogP contribution in [-0.4, -0.2) is 20.7 Å². The van der Waals surface area contributed by atoms with E-state index < -0.39 is 17.6 Å². The highest BCUT2D eigenvalue weighted by atomic mass is 19.4. The van der Waals surface area contributed by atoms with Gasteiger partial charge < -0.3 is 5.32 Å². The quantitative estimate of drug-likeness (QED) is 0.282. The summed E-state index contributed by atoms with van der Waals surface area (Å²) in [5.74, 6) is -1.07. The molecule has 0 aliphatic carbocycles. The lowest BCUT2D eigenvalue weighted by molar-refractivity contribution is -0.136. The predicted octanol–water partition coefficient (Wildman–Crippen LogP) is 6.81. The van der Waals surface area contributed by atoms with Gasteiger partial charge in [0, 0.05) is 10.9 Å². The minimum absolute atomic E-state index is 0.168. The summed E-state index contributed by atoms with van der Waals surface area (Å²) in [6.07, 6.45) is -3.04. The van der Waals surface area contributed by atoms with Crippen molar-refractivity contribution in [3.8, 4) is 16.9 Å². The number of carbonyl (C=O) groups excluding carboxylic acids is 1. The van der Waals surface area contributed by atoms with E-state index in [0.29, 0.717) is 33.5 Å². The second-order valence-corrected chi connectivity index (χ2v) is 8.10. The number of nitrogens with zero attached hydrogens (tertiary/aromatic N) is 3. The predicted molar refractivity (Wildman–Crippen MR) is 128 cm³/mol. The van der Waals surface area contributed by atoms with Gasteiger partial charge in [-0.1, -0.05) is 30.3 Å². The first-order chi connectivity index (χ1) is 17.2. The molecule has 0 radical (unpaired) electrons. The van der Waals surface area contributed by atoms with Gasteiger partial charge in [-0.15, -0.1) is 0 Å². The summed E-state index contributed by atoms with van der Waals surface area (Å²) < 4.78 is 55.3. The lowest BCUT2D eigenvalue weighted by Crippen LogP contribution is -2.17. The van der Waals surface area contributed by atoms with Crippen molar-refractivity contribution in [3.63, 3.8) is 0 Å². The van der Waals surface area contributed by atoms with Crippen molar-refractivity contribution in [1.82, 2.24) is 14.8 Å². The Kier molecular flexibility index (Phi) is 5.75. The van der Waals surface area contributed by atoms with Crippen molar-refractivity contribution < 1.29 is 22.4 Å². The molecule has 0 fully saturated rings. The van der Waals surface area contributed by atoms with Gasteiger partial charge in [-0.2, -0.15) is 18.3 Å². The van der Waals surface area contributed by atoms with E-state index in [-0.39, 0.29) is 17.1 Å². The largest absolute Gasteiger partial charge is 0.418 e. The number of halogens is 4. The van der Waals surface area contributed by atoms with Gasteiger partial charge in [0.25, 0.3) is 5.91 Å². The number of para-hydroxylation sites is 2. The zero-order valence-corrected chi connectivity index (χ0v) is 18.8. The highest BCUT2D eigenvalue weighted by molar-refractivity contribution is 6.13. The Balaban J connectivity index is 1.59. The van der Waals surface area contributed by atoms with Crippen molar-refractivity contribution in [3.05, 3.63) is 108 Å². The molecule has 2 aromatic heterocycles. The van der Waals surface area contributed by atoms with Crippen LogP contribution >= 0.6 is 0 Å². The molecule has 3 aromatic carbocycles. The first-order valence-corrected chi connectivity index (χ1v) is 10.9. The van der Waals surface area contributed by atoms with Gasteiger partial charge in [-0.05, 0) is 55.5 Å². The molecule has 0 bridgehead atoms. The van der Waals surface area contributed by atoms with Crippen molar-refractivity contribution in [2.24, 2.45) is 0 Å². The molecule has 1 N–H and O–H groups in total. The van der Waals surface area contributed by atoms with Crippen molar-refractivity contribution in [1.29, 1.82) is 0 Å². The van der Waals surface area contributed by atoms with Gasteiger partial charge in [0.15, 0.2) is 0 Å². The molecule has 0 aliphatic heterocycles. The van der Waals surface area contributed by atoms with Crippen LogP contribution in [0, 0.1) is 12.7 Å². The number of carbonyl (C=O) groups is 1. The summed E-state index contributed by atoms with van der Waals surface area (Å²) in [6, 6.07) is 19.1. The number of amides is 1. The fourth-order valence-corrected chi connectivity index (χ4v) is 4.03. The number of hydrogen-bond acceptors (Lipinski definition) is 3. The maximum atomic E-state index is 13.5. The molecular formula is C27H18F4N4O. The van der Waals surface area contributed by atoms with E-state index in [1.807, 2.05) is 6.92 Å². The average molecular weight is 490 g/mol. The van der Waals surface area contributed by atoms with Crippen LogP contribution in [0.4, 0.5) is 23.2 Å². The molecule has 180 valence electrons. The number of alkyl halides is 3. The number of hydrogen-bond donors (Lipinski definition) is 1. The number of fused-ring (bicyclic) bond motifs is 1. The van der Waals surface area contributed by atoms with Crippen LogP contribution < -0.4 is 5.32 Å². The number of aromatic nitrogens is 3. The maximum Gasteiger partial charge on any atom is 0.418 e. The number of nitrogens with one attached hydrogen (secondary N) is 1. The Morgan fingerprint density at radius 1 is 0.944 bits per heavy atom. The Morgan fingerprint density at radius 3 is 2.39 bits per heavy atom. The van der Waals surface area contributed by atoms with Crippen LogP contribution in [-0.2, 0) is 6.18 Å². The van der Waals surface area contributed by atoms with Crippen molar-refractivity contribution in [2.75, 3.05) is 5.32 Å². The summed E-state index contributed by atoms with van der Waals surface area (Å²) >= 11 is 0. The third-order valence-corrected chi connectivity index (χ3v) is 5.80. The van der Waals surface area contributed by atoms with Crippen LogP contribution in [0.15, 0.2) is 85.1 Å². The van der Waals surface area contributed by atoms with Crippen LogP contribution in [0.5, 0.6) is 0 Å². The maximum absolute atomic E-state index is 13.5. The third-order valence-electron chi connectivity index (χ3n) is 5.80. The van der Waals surface area contributed by atoms with E-state index in [1.165, 1.54) is 36.4 Å². The molecule has 9 heteroatoms. The van der Waals surface area contributed by atoms with Gasteiger partial charge >= 0.3 is 6.18 Å². The molecule has 1 amide bonds. The Morgan fingerprint density at radius 2 is 1.64 bits per heavy atom. The molecule has 0 spiro atoms. The minimum Gasteiger partial charge on any atom is -0.321 e. The number of benzene rings is 3. The number of rotatable bonds is 4. The highest BCUT2D eigenvalue weighted by Crippen LogP contribution is 2.35. The normalized spacial score (nSPS) is 11.6. The summed E-state index contributed by atoms with van der Waals surface area (Å²) in [5.41, 5.74) is 1.77. The van der Waals surface area contributed by atoms with E-state index in [2.05, 4.69) is 15.4 Å². The summed E-state index contributed by atoms with van der Waals surface area (Å²) in [6.45, 7) is 1.81. The summed E-state index contributed by atoms with van der Waals surface area (Å²) in [4.78, 5) is 17.9. The lowest BCUT2D eigenvalue weighted by Gasteiger charge is -2.15. The fourth-order valence-electron chi connectivity index (χ4n) is 4.03. The number of pyridine rings is 1. The molecule has 0 atom stereocenters. The van der Waals surface area contributed by atoms with Crippen LogP contribution in [0.25, 0.3) is 27.8 Å². The zero-order chi connectivity index (χ0) is 25.4. The van der Waals surface area contributed by atoms with Crippen LogP contribution in [0.1, 0.15) is 21.6 Å². The average Bonchev–Trinajstić information content (AvgIpc) is 3.24. The van der Waals surface area contributed by atoms with E-state index in [4.69, 9.17) is 0 Å². The molecule has 5 aromatic rings. The first-order valence-electron chi connectivity index (χ1n) is 10.9. The number of anilines is 1. The molecule has 0 aliphatic rings. The molecule has 5 nitrogen and oxygen atoms in total. The monoisotopic (exact) mass is 490 g/mol. The molecule has 2 heterocycles. The van der Waals surface area contributed by atoms with Gasteiger partial charge in [0.1, 0.15) is 5.82 Å². The smallest absolute Gasteiger partial charge is 0.321 e. The third kappa shape index (κ3) is 4.31. The lowest BCUT2D eigenvalue weighted by atomic mass is 10.0. The van der Waals surface area contributed by atoms with Gasteiger partial charge in [0.2, 0.25) is 0 Å². The topological polar surface area (TPSA) is 59.8 Å². The SMILES string of the molecule is Cc1c(-c2cc(C(=O)Nc3ccccc3C(F)(F)F)c3ccccc3n2)cnn1-c1ccc(F)cc1. The summed E-state index contributed by atoms with van der Waals surface area (Å²) in [5, 5.41) is 7.29. The zero-order valence-electron chi connectivity index (χ0n) is 18.8. The van der Waals surface area contributed by atoms with Gasteiger partial charge in [-0.3, -0.25) is 4.79 Å². The van der Waals surface area contributed by atoms with E-state index in [0.717, 1.165) is 6.07 Å².